The molecule has 2 rings (SSSR count). The number of carbonyl (C=O) groups is 2. The lowest BCUT2D eigenvalue weighted by atomic mass is 10.0. The summed E-state index contributed by atoms with van der Waals surface area (Å²) in [6, 6.07) is 18.1. The number of hydrazone groups is 1. The van der Waals surface area contributed by atoms with E-state index in [1.807, 2.05) is 57.2 Å². The fourth-order valence-corrected chi connectivity index (χ4v) is 2.50. The second kappa shape index (κ2) is 9.51. The number of rotatable bonds is 7. The van der Waals surface area contributed by atoms with E-state index in [0.29, 0.717) is 12.0 Å². The van der Waals surface area contributed by atoms with E-state index in [1.54, 1.807) is 24.3 Å². The molecule has 2 aromatic rings. The molecule has 0 aliphatic carbocycles. The molecule has 0 saturated heterocycles. The third kappa shape index (κ3) is 5.84. The summed E-state index contributed by atoms with van der Waals surface area (Å²) in [5.74, 6) is -0.659. The normalized spacial score (nSPS) is 12.5. The number of benzene rings is 2. The van der Waals surface area contributed by atoms with Crippen molar-refractivity contribution in [1.82, 2.24) is 10.7 Å². The molecule has 2 N–H and O–H groups in total. The van der Waals surface area contributed by atoms with Gasteiger partial charge in [-0.1, -0.05) is 62.4 Å². The molecule has 5 heteroatoms. The predicted octanol–water partition coefficient (Wildman–Crippen LogP) is 3.18. The number of hydrogen-bond donors (Lipinski definition) is 2. The van der Waals surface area contributed by atoms with Gasteiger partial charge < -0.3 is 5.32 Å². The van der Waals surface area contributed by atoms with Gasteiger partial charge >= 0.3 is 0 Å². The minimum atomic E-state index is -0.656. The predicted molar refractivity (Wildman–Crippen MR) is 104 cm³/mol. The highest BCUT2D eigenvalue weighted by molar-refractivity contribution is 5.97. The highest BCUT2D eigenvalue weighted by Gasteiger charge is 2.24. The van der Waals surface area contributed by atoms with Crippen LogP contribution in [-0.2, 0) is 11.2 Å². The lowest BCUT2D eigenvalue weighted by Crippen LogP contribution is -2.48. The zero-order valence-electron chi connectivity index (χ0n) is 15.4. The van der Waals surface area contributed by atoms with Crippen molar-refractivity contribution in [3.63, 3.8) is 0 Å². The van der Waals surface area contributed by atoms with Crippen molar-refractivity contribution >= 4 is 17.5 Å². The summed E-state index contributed by atoms with van der Waals surface area (Å²) < 4.78 is 0. The highest BCUT2D eigenvalue weighted by atomic mass is 16.2. The van der Waals surface area contributed by atoms with Gasteiger partial charge in [-0.15, -0.1) is 0 Å². The zero-order valence-corrected chi connectivity index (χ0v) is 15.4. The van der Waals surface area contributed by atoms with Crippen LogP contribution in [0.2, 0.25) is 0 Å². The quantitative estimate of drug-likeness (QED) is 0.594. The van der Waals surface area contributed by atoms with Crippen LogP contribution < -0.4 is 10.7 Å². The summed E-state index contributed by atoms with van der Waals surface area (Å²) in [5, 5.41) is 6.95. The molecule has 0 saturated carbocycles. The van der Waals surface area contributed by atoms with Gasteiger partial charge in [0.2, 0.25) is 0 Å². The van der Waals surface area contributed by atoms with E-state index in [1.165, 1.54) is 0 Å². The lowest BCUT2D eigenvalue weighted by Gasteiger charge is -2.20. The Morgan fingerprint density at radius 2 is 1.54 bits per heavy atom. The Morgan fingerprint density at radius 1 is 0.962 bits per heavy atom. The second-order valence-corrected chi connectivity index (χ2v) is 6.55. The molecule has 0 aliphatic rings. The molecule has 0 aliphatic heterocycles. The van der Waals surface area contributed by atoms with Crippen LogP contribution in [0.5, 0.6) is 0 Å². The van der Waals surface area contributed by atoms with Crippen LogP contribution in [0.15, 0.2) is 65.8 Å². The average molecular weight is 351 g/mol. The third-order valence-corrected chi connectivity index (χ3v) is 3.93. The summed E-state index contributed by atoms with van der Waals surface area (Å²) in [6.45, 7) is 5.63. The van der Waals surface area contributed by atoms with Crippen molar-refractivity contribution < 1.29 is 9.59 Å². The summed E-state index contributed by atoms with van der Waals surface area (Å²) in [6.07, 6.45) is 0.657. The Kier molecular flexibility index (Phi) is 7.09. The molecule has 2 amide bonds. The molecule has 2 aromatic carbocycles. The Bertz CT molecular complexity index is 755. The number of nitrogens with one attached hydrogen (secondary N) is 2. The molecule has 0 radical (unpaired) electrons. The Labute approximate surface area is 154 Å². The first-order valence-electron chi connectivity index (χ1n) is 8.70. The number of nitrogens with zero attached hydrogens (tertiary/aromatic N) is 1. The SMILES string of the molecule is C/C(Cc1ccccc1)=N\NC(=O)C(NC(=O)c1ccccc1)C(C)C. The molecule has 0 fully saturated rings. The van der Waals surface area contributed by atoms with Gasteiger partial charge in [0.15, 0.2) is 0 Å². The molecule has 0 heterocycles. The summed E-state index contributed by atoms with van der Waals surface area (Å²) in [7, 11) is 0. The van der Waals surface area contributed by atoms with Crippen LogP contribution in [0.25, 0.3) is 0 Å². The van der Waals surface area contributed by atoms with E-state index in [9.17, 15) is 9.59 Å². The standard InChI is InChI=1S/C21H25N3O2/c1-15(2)19(22-20(25)18-12-8-5-9-13-18)21(26)24-23-16(3)14-17-10-6-4-7-11-17/h4-13,15,19H,14H2,1-3H3,(H,22,25)(H,24,26)/b23-16+. The third-order valence-electron chi connectivity index (χ3n) is 3.93. The van der Waals surface area contributed by atoms with Crippen LogP contribution in [0.4, 0.5) is 0 Å². The van der Waals surface area contributed by atoms with Gasteiger partial charge in [0.25, 0.3) is 11.8 Å². The van der Waals surface area contributed by atoms with E-state index < -0.39 is 6.04 Å². The van der Waals surface area contributed by atoms with Crippen LogP contribution in [-0.4, -0.2) is 23.6 Å². The molecule has 1 unspecified atom stereocenters. The fraction of sp³-hybridized carbons (Fsp3) is 0.286. The van der Waals surface area contributed by atoms with Gasteiger partial charge in [0.05, 0.1) is 0 Å². The monoisotopic (exact) mass is 351 g/mol. The van der Waals surface area contributed by atoms with Crippen molar-refractivity contribution in [1.29, 1.82) is 0 Å². The number of amides is 2. The van der Waals surface area contributed by atoms with Crippen molar-refractivity contribution in [2.45, 2.75) is 33.2 Å². The minimum Gasteiger partial charge on any atom is -0.340 e. The topological polar surface area (TPSA) is 70.6 Å². The minimum absolute atomic E-state index is 0.0627. The first kappa shape index (κ1) is 19.4. The van der Waals surface area contributed by atoms with Crippen molar-refractivity contribution in [2.24, 2.45) is 11.0 Å². The smallest absolute Gasteiger partial charge is 0.262 e. The molecule has 26 heavy (non-hydrogen) atoms. The first-order chi connectivity index (χ1) is 12.5. The van der Waals surface area contributed by atoms with Crippen molar-refractivity contribution in [2.75, 3.05) is 0 Å². The van der Waals surface area contributed by atoms with Gasteiger partial charge in [-0.3, -0.25) is 9.59 Å². The maximum absolute atomic E-state index is 12.5. The second-order valence-electron chi connectivity index (χ2n) is 6.55. The van der Waals surface area contributed by atoms with Crippen molar-refractivity contribution in [3.05, 3.63) is 71.8 Å². The molecule has 0 bridgehead atoms. The largest absolute Gasteiger partial charge is 0.340 e. The summed E-state index contributed by atoms with van der Waals surface area (Å²) in [5.41, 5.74) is 5.02. The Hall–Kier alpha value is -2.95. The van der Waals surface area contributed by atoms with Crippen LogP contribution in [0.3, 0.4) is 0 Å². The van der Waals surface area contributed by atoms with Gasteiger partial charge in [-0.05, 0) is 30.5 Å². The van der Waals surface area contributed by atoms with Gasteiger partial charge in [-0.2, -0.15) is 5.10 Å². The van der Waals surface area contributed by atoms with E-state index in [0.717, 1.165) is 11.3 Å². The number of hydrogen-bond acceptors (Lipinski definition) is 3. The summed E-state index contributed by atoms with van der Waals surface area (Å²) >= 11 is 0. The zero-order chi connectivity index (χ0) is 18.9. The average Bonchev–Trinajstić information content (AvgIpc) is 2.65. The van der Waals surface area contributed by atoms with Crippen LogP contribution in [0, 0.1) is 5.92 Å². The van der Waals surface area contributed by atoms with E-state index in [-0.39, 0.29) is 17.7 Å². The maximum Gasteiger partial charge on any atom is 0.262 e. The van der Waals surface area contributed by atoms with Crippen molar-refractivity contribution in [3.8, 4) is 0 Å². The lowest BCUT2D eigenvalue weighted by molar-refractivity contribution is -0.123. The van der Waals surface area contributed by atoms with E-state index in [4.69, 9.17) is 0 Å². The van der Waals surface area contributed by atoms with E-state index >= 15 is 0 Å². The Morgan fingerprint density at radius 3 is 2.12 bits per heavy atom. The first-order valence-corrected chi connectivity index (χ1v) is 8.70. The molecular weight excluding hydrogens is 326 g/mol. The molecule has 0 spiro atoms. The van der Waals surface area contributed by atoms with Gasteiger partial charge in [0, 0.05) is 17.7 Å². The number of carbonyl (C=O) groups excluding carboxylic acids is 2. The molecule has 5 nitrogen and oxygen atoms in total. The van der Waals surface area contributed by atoms with Crippen LogP contribution >= 0.6 is 0 Å². The molecule has 0 aromatic heterocycles. The van der Waals surface area contributed by atoms with Gasteiger partial charge in [0.1, 0.15) is 6.04 Å². The highest BCUT2D eigenvalue weighted by Crippen LogP contribution is 2.06. The molecule has 136 valence electrons. The fourth-order valence-electron chi connectivity index (χ4n) is 2.50. The molecule has 1 atom stereocenters. The Balaban J connectivity index is 1.97. The van der Waals surface area contributed by atoms with E-state index in [2.05, 4.69) is 15.8 Å². The van der Waals surface area contributed by atoms with Gasteiger partial charge in [-0.25, -0.2) is 5.43 Å². The molecular formula is C21H25N3O2. The summed E-state index contributed by atoms with van der Waals surface area (Å²) in [4.78, 5) is 24.8. The maximum atomic E-state index is 12.5. The van der Waals surface area contributed by atoms with Crippen LogP contribution in [0.1, 0.15) is 36.7 Å².